The number of hydrogen-bond donors (Lipinski definition) is 2. The second-order valence-corrected chi connectivity index (χ2v) is 7.04. The molecule has 1 rings (SSSR count). The fourth-order valence-corrected chi connectivity index (χ4v) is 2.60. The predicted octanol–water partition coefficient (Wildman–Crippen LogP) is 4.08. The van der Waals surface area contributed by atoms with Crippen LogP contribution in [0.15, 0.2) is 33.9 Å². The molecule has 0 radical (unpaired) electrons. The molecule has 0 fully saturated rings. The molecular weight excluding hydrogens is 328 g/mol. The molecule has 0 bridgehead atoms. The van der Waals surface area contributed by atoms with Crippen molar-refractivity contribution >= 4 is 18.0 Å². The predicted molar refractivity (Wildman–Crippen MR) is 107 cm³/mol. The van der Waals surface area contributed by atoms with E-state index in [2.05, 4.69) is 41.7 Å². The van der Waals surface area contributed by atoms with E-state index in [4.69, 9.17) is 5.21 Å². The lowest BCUT2D eigenvalue weighted by Gasteiger charge is -2.31. The fraction of sp³-hybridized carbons (Fsp3) is 0.650. The summed E-state index contributed by atoms with van der Waals surface area (Å²) in [6, 6.07) is 0. The van der Waals surface area contributed by atoms with Gasteiger partial charge in [0.1, 0.15) is 12.0 Å². The molecule has 0 aromatic rings. The first-order chi connectivity index (χ1) is 12.5. The fourth-order valence-electron chi connectivity index (χ4n) is 2.60. The van der Waals surface area contributed by atoms with E-state index in [1.807, 2.05) is 25.4 Å². The zero-order valence-electron chi connectivity index (χ0n) is 16.6. The Balaban J connectivity index is 2.58. The maximum absolute atomic E-state index is 11.0. The average molecular weight is 363 g/mol. The van der Waals surface area contributed by atoms with Crippen molar-refractivity contribution < 1.29 is 10.0 Å². The van der Waals surface area contributed by atoms with Crippen molar-refractivity contribution in [3.8, 4) is 0 Å². The number of amidine groups is 1. The van der Waals surface area contributed by atoms with Crippen LogP contribution in [-0.4, -0.2) is 40.8 Å². The quantitative estimate of drug-likeness (QED) is 0.202. The van der Waals surface area contributed by atoms with Gasteiger partial charge in [-0.15, -0.1) is 0 Å². The highest BCUT2D eigenvalue weighted by atomic mass is 16.5. The number of allylic oxidation sites excluding steroid dienone is 2. The summed E-state index contributed by atoms with van der Waals surface area (Å²) in [4.78, 5) is 22.5. The summed E-state index contributed by atoms with van der Waals surface area (Å²) in [7, 11) is 0. The number of rotatable bonds is 10. The SMILES string of the molecule is CC(=N/C=C(/C)C(C)C)N(CCCCCCC(=O)NO)C1CC=CC=N1. The minimum absolute atomic E-state index is 0.108. The van der Waals surface area contributed by atoms with Gasteiger partial charge in [0.2, 0.25) is 5.91 Å². The Kier molecular flexibility index (Phi) is 10.5. The van der Waals surface area contributed by atoms with Gasteiger partial charge in [0.15, 0.2) is 0 Å². The van der Waals surface area contributed by atoms with Gasteiger partial charge in [-0.05, 0) is 38.7 Å². The van der Waals surface area contributed by atoms with Crippen LogP contribution in [0.25, 0.3) is 0 Å². The van der Waals surface area contributed by atoms with Crippen LogP contribution in [0.4, 0.5) is 0 Å². The molecule has 0 aromatic heterocycles. The molecule has 0 aliphatic carbocycles. The average Bonchev–Trinajstić information content (AvgIpc) is 2.65. The Labute approximate surface area is 157 Å². The molecule has 146 valence electrons. The van der Waals surface area contributed by atoms with Crippen LogP contribution in [0.3, 0.4) is 0 Å². The molecule has 1 atom stereocenters. The van der Waals surface area contributed by atoms with Gasteiger partial charge in [-0.1, -0.05) is 38.3 Å². The Morgan fingerprint density at radius 3 is 2.69 bits per heavy atom. The Hall–Kier alpha value is -1.95. The van der Waals surface area contributed by atoms with Gasteiger partial charge >= 0.3 is 0 Å². The zero-order valence-corrected chi connectivity index (χ0v) is 16.6. The standard InChI is InChI=1S/C20H34N4O2/c1-16(2)17(3)15-22-18(4)24(19-11-8-9-13-21-19)14-10-6-5-7-12-20(25)23-26/h8-9,13,15-16,19,26H,5-7,10-12,14H2,1-4H3,(H,23,25)/b17-15-,22-18?. The second kappa shape index (κ2) is 12.4. The number of carbonyl (C=O) groups is 1. The molecule has 1 aliphatic heterocycles. The number of dihydropyridines is 1. The molecule has 1 amide bonds. The molecule has 26 heavy (non-hydrogen) atoms. The number of unbranched alkanes of at least 4 members (excludes halogenated alkanes) is 3. The van der Waals surface area contributed by atoms with E-state index in [9.17, 15) is 4.79 Å². The van der Waals surface area contributed by atoms with E-state index >= 15 is 0 Å². The Bertz CT molecular complexity index is 550. The van der Waals surface area contributed by atoms with Crippen molar-refractivity contribution in [3.05, 3.63) is 23.9 Å². The van der Waals surface area contributed by atoms with E-state index in [-0.39, 0.29) is 12.1 Å². The van der Waals surface area contributed by atoms with E-state index in [1.165, 1.54) is 5.57 Å². The van der Waals surface area contributed by atoms with Gasteiger partial charge in [-0.2, -0.15) is 0 Å². The lowest BCUT2D eigenvalue weighted by molar-refractivity contribution is -0.129. The van der Waals surface area contributed by atoms with Crippen molar-refractivity contribution in [2.75, 3.05) is 6.54 Å². The van der Waals surface area contributed by atoms with Crippen molar-refractivity contribution in [2.45, 2.75) is 72.4 Å². The molecule has 6 heteroatoms. The number of carbonyl (C=O) groups excluding carboxylic acids is 1. The molecule has 1 aliphatic rings. The van der Waals surface area contributed by atoms with E-state index in [0.717, 1.165) is 44.5 Å². The maximum atomic E-state index is 11.0. The maximum Gasteiger partial charge on any atom is 0.243 e. The van der Waals surface area contributed by atoms with Crippen molar-refractivity contribution in [1.82, 2.24) is 10.4 Å². The van der Waals surface area contributed by atoms with Crippen LogP contribution in [0, 0.1) is 5.92 Å². The lowest BCUT2D eigenvalue weighted by Crippen LogP contribution is -2.39. The number of hydrogen-bond acceptors (Lipinski definition) is 4. The Morgan fingerprint density at radius 2 is 2.08 bits per heavy atom. The highest BCUT2D eigenvalue weighted by Crippen LogP contribution is 2.15. The third kappa shape index (κ3) is 8.43. The molecule has 1 heterocycles. The number of hydroxylamine groups is 1. The molecule has 2 N–H and O–H groups in total. The molecule has 0 spiro atoms. The van der Waals surface area contributed by atoms with E-state index < -0.39 is 0 Å². The molecule has 1 unspecified atom stereocenters. The molecule has 0 saturated carbocycles. The summed E-state index contributed by atoms with van der Waals surface area (Å²) < 4.78 is 0. The normalized spacial score (nSPS) is 17.7. The van der Waals surface area contributed by atoms with Gasteiger partial charge in [0, 0.05) is 31.8 Å². The van der Waals surface area contributed by atoms with Gasteiger partial charge in [-0.3, -0.25) is 15.0 Å². The van der Waals surface area contributed by atoms with Crippen LogP contribution in [0.5, 0.6) is 0 Å². The Morgan fingerprint density at radius 1 is 1.35 bits per heavy atom. The largest absolute Gasteiger partial charge is 0.338 e. The van der Waals surface area contributed by atoms with Crippen molar-refractivity contribution in [2.24, 2.45) is 15.9 Å². The summed E-state index contributed by atoms with van der Waals surface area (Å²) in [5, 5.41) is 8.50. The van der Waals surface area contributed by atoms with Gasteiger partial charge in [0.25, 0.3) is 0 Å². The highest BCUT2D eigenvalue weighted by Gasteiger charge is 2.18. The number of amides is 1. The topological polar surface area (TPSA) is 77.3 Å². The molecule has 0 aromatic carbocycles. The zero-order chi connectivity index (χ0) is 19.4. The molecular formula is C20H34N4O2. The van der Waals surface area contributed by atoms with Crippen LogP contribution in [0.2, 0.25) is 0 Å². The third-order valence-electron chi connectivity index (χ3n) is 4.65. The summed E-state index contributed by atoms with van der Waals surface area (Å²) in [5.41, 5.74) is 2.93. The van der Waals surface area contributed by atoms with Crippen molar-refractivity contribution in [3.63, 3.8) is 0 Å². The monoisotopic (exact) mass is 362 g/mol. The smallest absolute Gasteiger partial charge is 0.243 e. The van der Waals surface area contributed by atoms with Crippen LogP contribution in [0.1, 0.15) is 66.2 Å². The first kappa shape index (κ1) is 22.1. The molecule has 0 saturated heterocycles. The van der Waals surface area contributed by atoms with Crippen LogP contribution >= 0.6 is 0 Å². The van der Waals surface area contributed by atoms with Crippen LogP contribution < -0.4 is 5.48 Å². The number of aliphatic imine (C=N–C) groups is 2. The van der Waals surface area contributed by atoms with E-state index in [0.29, 0.717) is 12.3 Å². The van der Waals surface area contributed by atoms with Crippen molar-refractivity contribution in [1.29, 1.82) is 0 Å². The van der Waals surface area contributed by atoms with Gasteiger partial charge in [-0.25, -0.2) is 10.5 Å². The number of nitrogens with zero attached hydrogens (tertiary/aromatic N) is 3. The minimum Gasteiger partial charge on any atom is -0.338 e. The minimum atomic E-state index is -0.315. The summed E-state index contributed by atoms with van der Waals surface area (Å²) in [6.07, 6.45) is 13.1. The molecule has 6 nitrogen and oxygen atoms in total. The summed E-state index contributed by atoms with van der Waals surface area (Å²) in [5.74, 6) is 1.17. The summed E-state index contributed by atoms with van der Waals surface area (Å²) >= 11 is 0. The first-order valence-electron chi connectivity index (χ1n) is 9.54. The summed E-state index contributed by atoms with van der Waals surface area (Å²) in [6.45, 7) is 9.38. The second-order valence-electron chi connectivity index (χ2n) is 7.04. The van der Waals surface area contributed by atoms with Crippen LogP contribution in [-0.2, 0) is 4.79 Å². The third-order valence-corrected chi connectivity index (χ3v) is 4.65. The lowest BCUT2D eigenvalue weighted by atomic mass is 10.1. The highest BCUT2D eigenvalue weighted by molar-refractivity contribution is 5.81. The first-order valence-corrected chi connectivity index (χ1v) is 9.54. The number of nitrogens with one attached hydrogen (secondary N) is 1. The van der Waals surface area contributed by atoms with E-state index in [1.54, 1.807) is 5.48 Å². The van der Waals surface area contributed by atoms with Gasteiger partial charge < -0.3 is 4.90 Å². The van der Waals surface area contributed by atoms with Gasteiger partial charge in [0.05, 0.1) is 0 Å².